The molecule has 3 unspecified atom stereocenters. The number of hydrogen-bond acceptors (Lipinski definition) is 6. The van der Waals surface area contributed by atoms with Gasteiger partial charge < -0.3 is 10.2 Å². The Labute approximate surface area is 187 Å². The molecule has 6 heteroatoms. The van der Waals surface area contributed by atoms with Gasteiger partial charge in [0.2, 0.25) is 0 Å². The van der Waals surface area contributed by atoms with Crippen LogP contribution >= 0.6 is 23.1 Å². The minimum Gasteiger partial charge on any atom is -0.308 e. The average Bonchev–Trinajstić information content (AvgIpc) is 3.49. The van der Waals surface area contributed by atoms with Crippen LogP contribution in [0.5, 0.6) is 0 Å². The monoisotopic (exact) mass is 442 g/mol. The number of aldehydes is 2. The van der Waals surface area contributed by atoms with Crippen molar-refractivity contribution in [1.29, 1.82) is 5.41 Å². The Morgan fingerprint density at radius 2 is 2.13 bits per heavy atom. The zero-order valence-corrected chi connectivity index (χ0v) is 19.6. The number of nitrogens with one attached hydrogen (secondary N) is 1. The molecule has 0 spiro atoms. The first-order valence-electron chi connectivity index (χ1n) is 10.5. The predicted octanol–water partition coefficient (Wildman–Crippen LogP) is 6.16. The van der Waals surface area contributed by atoms with Gasteiger partial charge in [-0.3, -0.25) is 9.79 Å². The molecule has 2 aliphatic heterocycles. The summed E-state index contributed by atoms with van der Waals surface area (Å²) < 4.78 is 0. The standard InChI is InChI=1S/C24H30N2O2S2/c1-5-19-20(26-14-24(19,4)16(3)15(2)12-27)10-17(11-25)21-8-9-23(30-21)22-7-6-18(13-28)29-22/h6-8,10-16,19-20,23,25H,5,9H2,1-4H3/b17-10+,25-11?/t15-,16-,19?,20?,23?,24-/m0/s1. The van der Waals surface area contributed by atoms with Crippen molar-refractivity contribution in [3.05, 3.63) is 44.5 Å². The topological polar surface area (TPSA) is 70.3 Å². The smallest absolute Gasteiger partial charge is 0.160 e. The highest BCUT2D eigenvalue weighted by Gasteiger charge is 2.46. The van der Waals surface area contributed by atoms with Gasteiger partial charge in [0.15, 0.2) is 6.29 Å². The predicted molar refractivity (Wildman–Crippen MR) is 128 cm³/mol. The van der Waals surface area contributed by atoms with Gasteiger partial charge in [0.05, 0.1) is 10.9 Å². The van der Waals surface area contributed by atoms with Crippen LogP contribution in [0.1, 0.15) is 60.3 Å². The summed E-state index contributed by atoms with van der Waals surface area (Å²) in [7, 11) is 0. The fraction of sp³-hybridized carbons (Fsp3) is 0.500. The van der Waals surface area contributed by atoms with Crippen molar-refractivity contribution < 1.29 is 9.59 Å². The lowest BCUT2D eigenvalue weighted by Crippen LogP contribution is -2.39. The molecule has 160 valence electrons. The zero-order chi connectivity index (χ0) is 21.9. The van der Waals surface area contributed by atoms with Crippen LogP contribution in [0.15, 0.2) is 39.8 Å². The molecule has 0 bridgehead atoms. The summed E-state index contributed by atoms with van der Waals surface area (Å²) in [4.78, 5) is 30.3. The van der Waals surface area contributed by atoms with Crippen molar-refractivity contribution >= 4 is 48.1 Å². The first-order chi connectivity index (χ1) is 14.4. The summed E-state index contributed by atoms with van der Waals surface area (Å²) in [6.45, 7) is 8.53. The number of nitrogens with zero attached hydrogens (tertiary/aromatic N) is 1. The van der Waals surface area contributed by atoms with Crippen LogP contribution in [0.3, 0.4) is 0 Å². The van der Waals surface area contributed by atoms with Gasteiger partial charge in [-0.15, -0.1) is 23.1 Å². The molecule has 30 heavy (non-hydrogen) atoms. The van der Waals surface area contributed by atoms with Gasteiger partial charge in [-0.2, -0.15) is 0 Å². The van der Waals surface area contributed by atoms with Crippen molar-refractivity contribution in [2.75, 3.05) is 0 Å². The Morgan fingerprint density at radius 1 is 1.37 bits per heavy atom. The molecule has 0 fully saturated rings. The van der Waals surface area contributed by atoms with Crippen molar-refractivity contribution in [3.8, 4) is 0 Å². The Bertz CT molecular complexity index is 901. The quantitative estimate of drug-likeness (QED) is 0.368. The van der Waals surface area contributed by atoms with E-state index in [0.29, 0.717) is 11.2 Å². The summed E-state index contributed by atoms with van der Waals surface area (Å²) in [6.07, 6.45) is 11.6. The van der Waals surface area contributed by atoms with Crippen LogP contribution in [-0.4, -0.2) is 31.0 Å². The SMILES string of the molecule is CCC1C(/C=C(\C=N)C2=CCC(c3ccc(C=O)s3)S2)N=C[C@@]1(C)[C@@H](C)[C@@H](C)C=O. The van der Waals surface area contributed by atoms with Crippen molar-refractivity contribution in [3.63, 3.8) is 0 Å². The highest BCUT2D eigenvalue weighted by Crippen LogP contribution is 2.49. The van der Waals surface area contributed by atoms with E-state index >= 15 is 0 Å². The molecule has 0 aliphatic carbocycles. The van der Waals surface area contributed by atoms with Crippen molar-refractivity contribution in [2.24, 2.45) is 28.2 Å². The molecule has 0 aromatic carbocycles. The highest BCUT2D eigenvalue weighted by molar-refractivity contribution is 8.04. The summed E-state index contributed by atoms with van der Waals surface area (Å²) in [5.41, 5.74) is 0.779. The van der Waals surface area contributed by atoms with E-state index in [2.05, 4.69) is 39.1 Å². The normalized spacial score (nSPS) is 30.7. The molecule has 3 heterocycles. The Morgan fingerprint density at radius 3 is 2.73 bits per heavy atom. The number of aliphatic imine (C=N–C) groups is 1. The van der Waals surface area contributed by atoms with E-state index in [9.17, 15) is 9.59 Å². The average molecular weight is 443 g/mol. The van der Waals surface area contributed by atoms with E-state index < -0.39 is 0 Å². The van der Waals surface area contributed by atoms with Crippen LogP contribution in [-0.2, 0) is 4.79 Å². The molecule has 0 radical (unpaired) electrons. The number of carbonyl (C=O) groups excluding carboxylic acids is 2. The lowest BCUT2D eigenvalue weighted by atomic mass is 9.64. The van der Waals surface area contributed by atoms with Crippen LogP contribution in [0.25, 0.3) is 0 Å². The highest BCUT2D eigenvalue weighted by atomic mass is 32.2. The fourth-order valence-electron chi connectivity index (χ4n) is 4.61. The van der Waals surface area contributed by atoms with Crippen LogP contribution in [0, 0.1) is 28.6 Å². The Hall–Kier alpha value is -1.79. The van der Waals surface area contributed by atoms with E-state index in [-0.39, 0.29) is 23.3 Å². The molecule has 6 atom stereocenters. The second kappa shape index (κ2) is 9.56. The lowest BCUT2D eigenvalue weighted by molar-refractivity contribution is -0.113. The minimum atomic E-state index is -0.134. The second-order valence-corrected chi connectivity index (χ2v) is 10.9. The fourth-order valence-corrected chi connectivity index (χ4v) is 6.87. The maximum Gasteiger partial charge on any atom is 0.160 e. The number of rotatable bonds is 9. The van der Waals surface area contributed by atoms with Gasteiger partial charge in [0.25, 0.3) is 0 Å². The number of allylic oxidation sites excluding steroid dienone is 2. The van der Waals surface area contributed by atoms with E-state index in [1.165, 1.54) is 11.1 Å². The summed E-state index contributed by atoms with van der Waals surface area (Å²) in [5.74, 6) is 0.497. The van der Waals surface area contributed by atoms with Crippen molar-refractivity contribution in [1.82, 2.24) is 0 Å². The second-order valence-electron chi connectivity index (χ2n) is 8.47. The van der Waals surface area contributed by atoms with Crippen LogP contribution in [0.2, 0.25) is 0 Å². The number of thiophene rings is 1. The molecule has 1 aromatic heterocycles. The summed E-state index contributed by atoms with van der Waals surface area (Å²) in [6, 6.07) is 3.92. The molecule has 0 saturated heterocycles. The first kappa shape index (κ1) is 22.9. The maximum atomic E-state index is 11.4. The van der Waals surface area contributed by atoms with Gasteiger partial charge in [-0.25, -0.2) is 0 Å². The van der Waals surface area contributed by atoms with Crippen molar-refractivity contribution in [2.45, 2.75) is 51.8 Å². The van der Waals surface area contributed by atoms with Gasteiger partial charge >= 0.3 is 0 Å². The molecule has 2 aliphatic rings. The molecule has 1 aromatic rings. The first-order valence-corrected chi connectivity index (χ1v) is 12.2. The van der Waals surface area contributed by atoms with Crippen LogP contribution in [0.4, 0.5) is 0 Å². The largest absolute Gasteiger partial charge is 0.308 e. The summed E-state index contributed by atoms with van der Waals surface area (Å²) in [5, 5.41) is 8.31. The van der Waals surface area contributed by atoms with Gasteiger partial charge in [-0.05, 0) is 36.5 Å². The van der Waals surface area contributed by atoms with Gasteiger partial charge in [0.1, 0.15) is 6.29 Å². The number of carbonyl (C=O) groups is 2. The molecule has 0 amide bonds. The van der Waals surface area contributed by atoms with E-state index in [1.807, 2.05) is 19.1 Å². The molecule has 3 rings (SSSR count). The molecular weight excluding hydrogens is 412 g/mol. The third-order valence-electron chi connectivity index (χ3n) is 6.82. The number of hydrogen-bond donors (Lipinski definition) is 1. The molecule has 0 saturated carbocycles. The van der Waals surface area contributed by atoms with E-state index in [4.69, 9.17) is 10.4 Å². The molecule has 1 N–H and O–H groups in total. The molecular formula is C24H30N2O2S2. The lowest BCUT2D eigenvalue weighted by Gasteiger charge is -2.38. The molecule has 4 nitrogen and oxygen atoms in total. The maximum absolute atomic E-state index is 11.4. The third-order valence-corrected chi connectivity index (χ3v) is 9.48. The summed E-state index contributed by atoms with van der Waals surface area (Å²) >= 11 is 3.31. The Kier molecular flexibility index (Phi) is 7.30. The third kappa shape index (κ3) is 4.30. The minimum absolute atomic E-state index is 0.0156. The zero-order valence-electron chi connectivity index (χ0n) is 18.0. The Balaban J connectivity index is 1.77. The van der Waals surface area contributed by atoms with Gasteiger partial charge in [-0.1, -0.05) is 40.2 Å². The van der Waals surface area contributed by atoms with E-state index in [1.54, 1.807) is 23.1 Å². The van der Waals surface area contributed by atoms with Crippen LogP contribution < -0.4 is 0 Å². The number of thioether (sulfide) groups is 1. The van der Waals surface area contributed by atoms with E-state index in [0.717, 1.165) is 40.8 Å². The van der Waals surface area contributed by atoms with Gasteiger partial charge in [0, 0.05) is 44.4 Å².